The second-order valence-corrected chi connectivity index (χ2v) is 14.7. The lowest BCUT2D eigenvalue weighted by atomic mass is 9.82. The second-order valence-electron chi connectivity index (χ2n) is 14.7. The van der Waals surface area contributed by atoms with Gasteiger partial charge in [0.05, 0.1) is 12.7 Å². The summed E-state index contributed by atoms with van der Waals surface area (Å²) in [6.45, 7) is 5.05. The standard InChI is InChI=1S/C36H54N6O9/c1-20(2)14-25(40-33(48)28(43)15-21-6-4-3-5-7-21)34(49)42-26-17-24(51-35-31(46)30(45)29(44)19-50-35)9-8-23(26)16-27(42)32(47)39-12-10-22-11-13-41(18-22)36(37)38/h3-7,11,20,23-31,35,43-46H,8-10,12-19H2,1-2H3,(H3,37,38)(H,39,47)(H,40,48)/t23-,24+,25+,26-,27-,28+,29?,30?,31?,35?/m0/s1. The van der Waals surface area contributed by atoms with Gasteiger partial charge in [-0.3, -0.25) is 19.8 Å². The van der Waals surface area contributed by atoms with Crippen LogP contribution < -0.4 is 16.4 Å². The molecule has 1 saturated carbocycles. The number of hydrogen-bond acceptors (Lipinski definition) is 10. The first-order valence-corrected chi connectivity index (χ1v) is 18.0. The highest BCUT2D eigenvalue weighted by Crippen LogP contribution is 2.42. The van der Waals surface area contributed by atoms with Crippen molar-refractivity contribution in [2.24, 2.45) is 17.6 Å². The molecule has 1 aromatic rings. The third-order valence-electron chi connectivity index (χ3n) is 10.4. The number of nitrogens with zero attached hydrogens (tertiary/aromatic N) is 2. The normalized spacial score (nSPS) is 30.4. The number of nitrogens with two attached hydrogens (primary N) is 1. The van der Waals surface area contributed by atoms with E-state index >= 15 is 0 Å². The number of nitrogens with one attached hydrogen (secondary N) is 3. The maximum atomic E-state index is 14.6. The van der Waals surface area contributed by atoms with Crippen LogP contribution in [0.2, 0.25) is 0 Å². The SMILES string of the molecule is CC(C)C[C@@H](NC(=O)[C@H](O)Cc1ccccc1)C(=O)N1[C@H](C(=O)NCCC2=CCN(C(=N)N)C2)C[C@@H]2CC[C@@H](OC3OCC(O)C(O)C3O)C[C@@H]21. The van der Waals surface area contributed by atoms with Crippen LogP contribution in [-0.4, -0.2) is 135 Å². The van der Waals surface area contributed by atoms with Gasteiger partial charge in [0.25, 0.3) is 0 Å². The Balaban J connectivity index is 1.32. The minimum Gasteiger partial charge on any atom is -0.388 e. The summed E-state index contributed by atoms with van der Waals surface area (Å²) in [7, 11) is 0. The predicted octanol–water partition coefficient (Wildman–Crippen LogP) is -0.644. The molecule has 0 bridgehead atoms. The Bertz CT molecular complexity index is 1410. The number of ether oxygens (including phenoxy) is 2. The molecular weight excluding hydrogens is 660 g/mol. The maximum Gasteiger partial charge on any atom is 0.249 e. The quantitative estimate of drug-likeness (QED) is 0.0728. The average Bonchev–Trinajstić information content (AvgIpc) is 3.73. The van der Waals surface area contributed by atoms with E-state index in [0.29, 0.717) is 51.7 Å². The number of aliphatic hydroxyl groups excluding tert-OH is 4. The van der Waals surface area contributed by atoms with Crippen LogP contribution in [0.1, 0.15) is 57.9 Å². The zero-order valence-corrected chi connectivity index (χ0v) is 29.4. The van der Waals surface area contributed by atoms with Gasteiger partial charge < -0.3 is 56.1 Å². The number of rotatable bonds is 13. The molecule has 0 aromatic heterocycles. The van der Waals surface area contributed by atoms with Crippen LogP contribution in [-0.2, 0) is 30.3 Å². The molecule has 51 heavy (non-hydrogen) atoms. The van der Waals surface area contributed by atoms with Crippen LogP contribution in [0.5, 0.6) is 0 Å². The van der Waals surface area contributed by atoms with Gasteiger partial charge in [-0.15, -0.1) is 0 Å². The molecule has 15 heteroatoms. The summed E-state index contributed by atoms with van der Waals surface area (Å²) in [6.07, 6.45) is -2.29. The van der Waals surface area contributed by atoms with Gasteiger partial charge >= 0.3 is 0 Å². The van der Waals surface area contributed by atoms with E-state index in [1.807, 2.05) is 50.3 Å². The van der Waals surface area contributed by atoms with Gasteiger partial charge in [0, 0.05) is 32.1 Å². The Morgan fingerprint density at radius 2 is 1.84 bits per heavy atom. The topological polar surface area (TPSA) is 231 Å². The van der Waals surface area contributed by atoms with Crippen molar-refractivity contribution in [2.75, 3.05) is 26.2 Å². The zero-order valence-electron chi connectivity index (χ0n) is 29.4. The Morgan fingerprint density at radius 1 is 1.10 bits per heavy atom. The van der Waals surface area contributed by atoms with Gasteiger partial charge in [0.15, 0.2) is 12.2 Å². The largest absolute Gasteiger partial charge is 0.388 e. The maximum absolute atomic E-state index is 14.6. The highest BCUT2D eigenvalue weighted by molar-refractivity contribution is 5.93. The summed E-state index contributed by atoms with van der Waals surface area (Å²) in [6, 6.07) is 6.86. The first kappa shape index (κ1) is 38.6. The molecule has 1 aliphatic carbocycles. The van der Waals surface area contributed by atoms with Crippen LogP contribution in [0.4, 0.5) is 0 Å². The van der Waals surface area contributed by atoms with Crippen LogP contribution in [0.25, 0.3) is 0 Å². The summed E-state index contributed by atoms with van der Waals surface area (Å²) in [5.41, 5.74) is 7.44. The van der Waals surface area contributed by atoms with Crippen LogP contribution in [0.3, 0.4) is 0 Å². The second kappa shape index (κ2) is 17.3. The lowest BCUT2D eigenvalue weighted by molar-refractivity contribution is -0.285. The molecular formula is C36H54N6O9. The van der Waals surface area contributed by atoms with Gasteiger partial charge in [-0.05, 0) is 55.9 Å². The molecule has 4 aliphatic rings. The van der Waals surface area contributed by atoms with Crippen molar-refractivity contribution < 1.29 is 44.3 Å². The fraction of sp³-hybridized carbons (Fsp3) is 0.667. The Morgan fingerprint density at radius 3 is 2.53 bits per heavy atom. The summed E-state index contributed by atoms with van der Waals surface area (Å²) < 4.78 is 11.6. The molecule has 3 fully saturated rings. The number of benzene rings is 1. The molecule has 9 N–H and O–H groups in total. The molecule has 4 unspecified atom stereocenters. The van der Waals surface area contributed by atoms with Crippen molar-refractivity contribution in [2.45, 2.75) is 114 Å². The van der Waals surface area contributed by atoms with Crippen LogP contribution in [0.15, 0.2) is 42.0 Å². The van der Waals surface area contributed by atoms with Crippen molar-refractivity contribution in [3.63, 3.8) is 0 Å². The molecule has 282 valence electrons. The van der Waals surface area contributed by atoms with E-state index in [9.17, 15) is 34.8 Å². The van der Waals surface area contributed by atoms with E-state index in [1.54, 1.807) is 9.80 Å². The zero-order chi connectivity index (χ0) is 36.8. The minimum atomic E-state index is -1.46. The number of fused-ring (bicyclic) bond motifs is 1. The molecule has 0 spiro atoms. The van der Waals surface area contributed by atoms with Crippen molar-refractivity contribution in [1.82, 2.24) is 20.4 Å². The van der Waals surface area contributed by atoms with E-state index < -0.39 is 66.7 Å². The van der Waals surface area contributed by atoms with E-state index in [0.717, 1.165) is 11.1 Å². The molecule has 0 radical (unpaired) electrons. The molecule has 3 heterocycles. The predicted molar refractivity (Wildman–Crippen MR) is 186 cm³/mol. The third kappa shape index (κ3) is 9.64. The fourth-order valence-electron chi connectivity index (χ4n) is 7.69. The minimum absolute atomic E-state index is 0.000369. The number of amides is 3. The number of likely N-dealkylation sites (tertiary alicyclic amines) is 1. The van der Waals surface area contributed by atoms with Gasteiger partial charge in [-0.25, -0.2) is 0 Å². The number of guanidine groups is 1. The van der Waals surface area contributed by atoms with Crippen LogP contribution >= 0.6 is 0 Å². The average molecular weight is 715 g/mol. The van der Waals surface area contributed by atoms with Crippen molar-refractivity contribution >= 4 is 23.7 Å². The number of carbonyl (C=O) groups excluding carboxylic acids is 3. The van der Waals surface area contributed by atoms with Gasteiger partial charge in [0.1, 0.15) is 36.5 Å². The van der Waals surface area contributed by atoms with E-state index in [-0.39, 0.29) is 43.2 Å². The monoisotopic (exact) mass is 714 g/mol. The number of aliphatic hydroxyl groups is 4. The fourth-order valence-corrected chi connectivity index (χ4v) is 7.69. The summed E-state index contributed by atoms with van der Waals surface area (Å²) >= 11 is 0. The summed E-state index contributed by atoms with van der Waals surface area (Å²) in [4.78, 5) is 45.1. The smallest absolute Gasteiger partial charge is 0.249 e. The Kier molecular flexibility index (Phi) is 13.1. The molecule has 15 nitrogen and oxygen atoms in total. The lowest BCUT2D eigenvalue weighted by Gasteiger charge is -2.41. The first-order valence-electron chi connectivity index (χ1n) is 18.0. The number of carbonyl (C=O) groups is 3. The molecule has 3 amide bonds. The van der Waals surface area contributed by atoms with Gasteiger partial charge in [0.2, 0.25) is 17.7 Å². The highest BCUT2D eigenvalue weighted by Gasteiger charge is 2.51. The Hall–Kier alpha value is -3.60. The van der Waals surface area contributed by atoms with E-state index in [4.69, 9.17) is 20.6 Å². The van der Waals surface area contributed by atoms with Gasteiger partial charge in [-0.1, -0.05) is 55.8 Å². The molecule has 2 saturated heterocycles. The number of hydrogen-bond donors (Lipinski definition) is 8. The van der Waals surface area contributed by atoms with Crippen molar-refractivity contribution in [1.29, 1.82) is 5.41 Å². The van der Waals surface area contributed by atoms with Crippen molar-refractivity contribution in [3.05, 3.63) is 47.5 Å². The van der Waals surface area contributed by atoms with E-state index in [2.05, 4.69) is 10.6 Å². The summed E-state index contributed by atoms with van der Waals surface area (Å²) in [5, 5.41) is 54.8. The molecule has 5 rings (SSSR count). The van der Waals surface area contributed by atoms with Gasteiger partial charge in [-0.2, -0.15) is 0 Å². The lowest BCUT2D eigenvalue weighted by Crippen LogP contribution is -2.58. The molecule has 3 aliphatic heterocycles. The van der Waals surface area contributed by atoms with Crippen molar-refractivity contribution in [3.8, 4) is 0 Å². The molecule has 1 aromatic carbocycles. The van der Waals surface area contributed by atoms with E-state index in [1.165, 1.54) is 0 Å². The van der Waals surface area contributed by atoms with Crippen LogP contribution in [0, 0.1) is 17.2 Å². The molecule has 10 atom stereocenters. The Labute approximate surface area is 298 Å². The third-order valence-corrected chi connectivity index (χ3v) is 10.4. The highest BCUT2D eigenvalue weighted by atomic mass is 16.7. The first-order chi connectivity index (χ1) is 24.3. The summed E-state index contributed by atoms with van der Waals surface area (Å²) in [5.74, 6) is -1.44.